The molecule has 1 N–H and O–H groups in total. The fourth-order valence-electron chi connectivity index (χ4n) is 10.3. The maximum atomic E-state index is 13.7. The van der Waals surface area contributed by atoms with E-state index in [-0.39, 0.29) is 24.0 Å². The second kappa shape index (κ2) is 17.7. The van der Waals surface area contributed by atoms with E-state index in [0.29, 0.717) is 36.8 Å². The van der Waals surface area contributed by atoms with E-state index >= 15 is 0 Å². The molecule has 12 heteroatoms. The Balaban J connectivity index is 1.20. The number of amides is 1. The summed E-state index contributed by atoms with van der Waals surface area (Å²) in [6.07, 6.45) is 15.0. The van der Waals surface area contributed by atoms with Crippen LogP contribution in [0.3, 0.4) is 0 Å². The second-order valence-corrected chi connectivity index (χ2v) is 19.7. The number of fused-ring (bicyclic) bond motifs is 4. The lowest BCUT2D eigenvalue weighted by atomic mass is 9.63. The molecule has 5 aliphatic rings. The number of sulfonamides is 1. The molecule has 10 nitrogen and oxygen atoms in total. The number of piperazine rings is 1. The van der Waals surface area contributed by atoms with E-state index in [1.807, 2.05) is 25.3 Å². The molecule has 3 aliphatic heterocycles. The van der Waals surface area contributed by atoms with Crippen LogP contribution in [0.2, 0.25) is 5.02 Å². The summed E-state index contributed by atoms with van der Waals surface area (Å²) in [5.41, 5.74) is 2.97. The minimum Gasteiger partial charge on any atom is -0.490 e. The van der Waals surface area contributed by atoms with Crippen molar-refractivity contribution in [2.24, 2.45) is 11.8 Å². The summed E-state index contributed by atoms with van der Waals surface area (Å²) in [5, 5.41) is -0.0347. The third kappa shape index (κ3) is 8.69. The number of nitrogens with zero attached hydrogens (tertiary/aromatic N) is 3. The van der Waals surface area contributed by atoms with Crippen LogP contribution >= 0.6 is 11.6 Å². The van der Waals surface area contributed by atoms with Gasteiger partial charge in [0.05, 0.1) is 17.5 Å². The molecule has 3 fully saturated rings. The molecule has 7 rings (SSSR count). The van der Waals surface area contributed by atoms with E-state index in [1.165, 1.54) is 44.0 Å². The van der Waals surface area contributed by atoms with Gasteiger partial charge in [0, 0.05) is 82.1 Å². The molecule has 56 heavy (non-hydrogen) atoms. The van der Waals surface area contributed by atoms with Crippen LogP contribution in [0.5, 0.6) is 5.75 Å². The molecule has 6 atom stereocenters. The molecule has 0 bridgehead atoms. The van der Waals surface area contributed by atoms with Crippen molar-refractivity contribution < 1.29 is 27.4 Å². The Kier molecular flexibility index (Phi) is 13.1. The van der Waals surface area contributed by atoms with Gasteiger partial charge in [0.1, 0.15) is 11.4 Å². The minimum atomic E-state index is -3.91. The first-order valence-corrected chi connectivity index (χ1v) is 23.0. The monoisotopic (exact) mass is 810 g/mol. The highest BCUT2D eigenvalue weighted by molar-refractivity contribution is 7.90. The summed E-state index contributed by atoms with van der Waals surface area (Å²) >= 11 is 6.53. The standard InChI is InChI=1S/C44H63ClN4O6S/c1-5-6-20-44(54-4,30-47-22-23-48-21-8-7-11-37(48)28-47)39-15-12-35(39)27-49-29-43(19-9-10-33-25-36(45)14-16-38(33)43)31-55-41-17-13-34(26-40(41)49)42(50)46-56(51,52)32(2)18-24-53-3/h6,13-14,16-17,20,25-26,32,35,37,39H,5,7-12,15,18-19,21-24,27-31H2,1-4H3,(H,46,50)/b20-6+/t32-,35-,37+,39+,43-,44-/m0/s1. The summed E-state index contributed by atoms with van der Waals surface area (Å²) in [6, 6.07) is 12.3. The number of aryl methyl sites for hydroxylation is 1. The zero-order chi connectivity index (χ0) is 39.5. The molecule has 1 spiro atoms. The van der Waals surface area contributed by atoms with E-state index in [1.54, 1.807) is 13.0 Å². The Bertz CT molecular complexity index is 1840. The average Bonchev–Trinajstić information content (AvgIpc) is 3.33. The molecule has 1 amide bonds. The van der Waals surface area contributed by atoms with Gasteiger partial charge in [-0.3, -0.25) is 14.6 Å². The van der Waals surface area contributed by atoms with Crippen molar-refractivity contribution in [2.75, 3.05) is 78.1 Å². The lowest BCUT2D eigenvalue weighted by Gasteiger charge is -2.53. The molecule has 0 radical (unpaired) electrons. The Labute approximate surface area is 340 Å². The number of carbonyl (C=O) groups is 1. The lowest BCUT2D eigenvalue weighted by Crippen LogP contribution is -2.61. The molecule has 2 aromatic carbocycles. The zero-order valence-corrected chi connectivity index (χ0v) is 35.5. The fraction of sp³-hybridized carbons (Fsp3) is 0.659. The molecule has 2 aromatic rings. The molecule has 2 saturated heterocycles. The number of anilines is 1. The highest BCUT2D eigenvalue weighted by Crippen LogP contribution is 2.49. The smallest absolute Gasteiger partial charge is 0.264 e. The summed E-state index contributed by atoms with van der Waals surface area (Å²) in [4.78, 5) is 21.5. The van der Waals surface area contributed by atoms with E-state index in [9.17, 15) is 13.2 Å². The van der Waals surface area contributed by atoms with Crippen LogP contribution in [0.25, 0.3) is 0 Å². The summed E-state index contributed by atoms with van der Waals surface area (Å²) in [7, 11) is -0.477. The predicted molar refractivity (Wildman–Crippen MR) is 224 cm³/mol. The van der Waals surface area contributed by atoms with Crippen LogP contribution in [0.4, 0.5) is 5.69 Å². The number of benzene rings is 2. The number of allylic oxidation sites excluding steroid dienone is 1. The van der Waals surface area contributed by atoms with Gasteiger partial charge in [-0.1, -0.05) is 43.2 Å². The fourth-order valence-corrected chi connectivity index (χ4v) is 11.5. The topological polar surface area (TPSA) is 101 Å². The molecule has 0 unspecified atom stereocenters. The number of rotatable bonds is 14. The van der Waals surface area contributed by atoms with Gasteiger partial charge in [0.15, 0.2) is 0 Å². The van der Waals surface area contributed by atoms with E-state index < -0.39 is 26.8 Å². The molecule has 2 aliphatic carbocycles. The van der Waals surface area contributed by atoms with Crippen molar-refractivity contribution in [3.8, 4) is 5.75 Å². The van der Waals surface area contributed by atoms with Crippen LogP contribution < -0.4 is 14.4 Å². The number of nitrogens with one attached hydrogen (secondary N) is 1. The minimum absolute atomic E-state index is 0.279. The second-order valence-electron chi connectivity index (χ2n) is 17.2. The van der Waals surface area contributed by atoms with Crippen molar-refractivity contribution in [3.63, 3.8) is 0 Å². The number of hydrogen-bond acceptors (Lipinski definition) is 9. The number of methoxy groups -OCH3 is 2. The van der Waals surface area contributed by atoms with Crippen LogP contribution in [-0.2, 0) is 31.3 Å². The van der Waals surface area contributed by atoms with Crippen LogP contribution in [0.1, 0.15) is 93.1 Å². The first-order valence-electron chi connectivity index (χ1n) is 21.0. The van der Waals surface area contributed by atoms with Gasteiger partial charge in [-0.25, -0.2) is 13.1 Å². The van der Waals surface area contributed by atoms with Crippen molar-refractivity contribution >= 4 is 33.2 Å². The molecular weight excluding hydrogens is 748 g/mol. The van der Waals surface area contributed by atoms with Crippen molar-refractivity contribution in [2.45, 2.75) is 100 Å². The van der Waals surface area contributed by atoms with Gasteiger partial charge in [-0.2, -0.15) is 0 Å². The molecule has 0 aromatic heterocycles. The molecular formula is C44H63ClN4O6S. The predicted octanol–water partition coefficient (Wildman–Crippen LogP) is 6.85. The van der Waals surface area contributed by atoms with Crippen molar-refractivity contribution in [3.05, 3.63) is 70.3 Å². The van der Waals surface area contributed by atoms with Gasteiger partial charge < -0.3 is 19.1 Å². The van der Waals surface area contributed by atoms with Gasteiger partial charge in [0.25, 0.3) is 5.91 Å². The van der Waals surface area contributed by atoms with E-state index in [4.69, 9.17) is 25.8 Å². The van der Waals surface area contributed by atoms with Gasteiger partial charge in [-0.05, 0) is 125 Å². The largest absolute Gasteiger partial charge is 0.490 e. The molecule has 1 saturated carbocycles. The van der Waals surface area contributed by atoms with Gasteiger partial charge in [-0.15, -0.1) is 0 Å². The molecule has 3 heterocycles. The Morgan fingerprint density at radius 1 is 1.11 bits per heavy atom. The zero-order valence-electron chi connectivity index (χ0n) is 33.9. The van der Waals surface area contributed by atoms with Crippen molar-refractivity contribution in [1.29, 1.82) is 0 Å². The summed E-state index contributed by atoms with van der Waals surface area (Å²) in [6.45, 7) is 11.4. The van der Waals surface area contributed by atoms with E-state index in [0.717, 1.165) is 82.0 Å². The Morgan fingerprint density at radius 2 is 1.96 bits per heavy atom. The highest BCUT2D eigenvalue weighted by atomic mass is 35.5. The number of carbonyl (C=O) groups excluding carboxylic acids is 1. The Hall–Kier alpha value is -2.67. The number of hydrogen-bond donors (Lipinski definition) is 1. The van der Waals surface area contributed by atoms with Crippen LogP contribution in [0, 0.1) is 11.8 Å². The third-order valence-corrected chi connectivity index (χ3v) is 15.7. The first-order chi connectivity index (χ1) is 27.0. The van der Waals surface area contributed by atoms with Crippen LogP contribution in [0.15, 0.2) is 48.6 Å². The highest BCUT2D eigenvalue weighted by Gasteiger charge is 2.50. The summed E-state index contributed by atoms with van der Waals surface area (Å²) < 4.78 is 47.2. The number of halogens is 1. The SMILES string of the molecule is CC/C=C/[C@@](CN1CCN2CCCC[C@@H]2C1)(OC)[C@@H]1CC[C@H]1CN1C[C@@]2(CCCc3cc(Cl)ccc32)COc2ccc(C(=O)NS(=O)(=O)[C@@H](C)CCOC)cc21. The van der Waals surface area contributed by atoms with Gasteiger partial charge in [0.2, 0.25) is 10.0 Å². The quantitative estimate of drug-likeness (QED) is 0.206. The average molecular weight is 812 g/mol. The summed E-state index contributed by atoms with van der Waals surface area (Å²) in [5.74, 6) is 0.714. The molecule has 308 valence electrons. The first kappa shape index (κ1) is 41.5. The van der Waals surface area contributed by atoms with Gasteiger partial charge >= 0.3 is 0 Å². The maximum absolute atomic E-state index is 13.7. The lowest BCUT2D eigenvalue weighted by molar-refractivity contribution is -0.100. The third-order valence-electron chi connectivity index (χ3n) is 13.7. The number of ether oxygens (including phenoxy) is 3. The normalized spacial score (nSPS) is 27.3. The van der Waals surface area contributed by atoms with E-state index in [2.05, 4.69) is 50.6 Å². The van der Waals surface area contributed by atoms with Crippen LogP contribution in [-0.4, -0.2) is 114 Å². The Morgan fingerprint density at radius 3 is 2.73 bits per heavy atom. The van der Waals surface area contributed by atoms with Crippen molar-refractivity contribution in [1.82, 2.24) is 14.5 Å². The maximum Gasteiger partial charge on any atom is 0.264 e. The number of piperidine rings is 1.